The second-order valence-electron chi connectivity index (χ2n) is 5.68. The van der Waals surface area contributed by atoms with Crippen molar-refractivity contribution in [2.45, 2.75) is 43.7 Å². The smallest absolute Gasteiger partial charge is 0.0923 e. The highest BCUT2D eigenvalue weighted by molar-refractivity contribution is 6.30. The van der Waals surface area contributed by atoms with Crippen LogP contribution in [0.25, 0.3) is 0 Å². The second-order valence-corrected chi connectivity index (χ2v) is 6.11. The van der Waals surface area contributed by atoms with Crippen LogP contribution >= 0.6 is 11.6 Å². The fourth-order valence-electron chi connectivity index (χ4n) is 3.43. The van der Waals surface area contributed by atoms with Crippen molar-refractivity contribution in [1.29, 1.82) is 0 Å². The Kier molecular flexibility index (Phi) is 3.35. The van der Waals surface area contributed by atoms with Gasteiger partial charge >= 0.3 is 0 Å². The highest BCUT2D eigenvalue weighted by Gasteiger charge is 2.40. The quantitative estimate of drug-likeness (QED) is 0.843. The van der Waals surface area contributed by atoms with Gasteiger partial charge in [-0.3, -0.25) is 0 Å². The van der Waals surface area contributed by atoms with E-state index in [1.807, 2.05) is 24.3 Å². The summed E-state index contributed by atoms with van der Waals surface area (Å²) in [6.07, 6.45) is 5.56. The lowest BCUT2D eigenvalue weighted by Crippen LogP contribution is -2.50. The molecular formula is C15H20ClNO. The first-order valence-corrected chi connectivity index (χ1v) is 7.28. The van der Waals surface area contributed by atoms with Crippen LogP contribution in [0.2, 0.25) is 5.02 Å². The van der Waals surface area contributed by atoms with Crippen LogP contribution in [0.3, 0.4) is 0 Å². The lowest BCUT2D eigenvalue weighted by atomic mass is 9.78. The van der Waals surface area contributed by atoms with E-state index in [1.54, 1.807) is 0 Å². The van der Waals surface area contributed by atoms with E-state index in [-0.39, 0.29) is 0 Å². The molecule has 2 aliphatic heterocycles. The normalized spacial score (nSPS) is 33.1. The first-order valence-electron chi connectivity index (χ1n) is 6.90. The summed E-state index contributed by atoms with van der Waals surface area (Å²) in [5, 5.41) is 11.6. The van der Waals surface area contributed by atoms with Gasteiger partial charge in [0.1, 0.15) is 0 Å². The molecule has 2 heterocycles. The molecule has 98 valence electrons. The maximum atomic E-state index is 10.9. The summed E-state index contributed by atoms with van der Waals surface area (Å²) >= 11 is 5.92. The molecule has 1 aromatic carbocycles. The third-order valence-electron chi connectivity index (χ3n) is 4.52. The zero-order chi connectivity index (χ0) is 12.6. The summed E-state index contributed by atoms with van der Waals surface area (Å²) in [4.78, 5) is 2.55. The van der Waals surface area contributed by atoms with Crippen LogP contribution in [0.15, 0.2) is 24.3 Å². The largest absolute Gasteiger partial charge is 0.385 e. The van der Waals surface area contributed by atoms with E-state index in [9.17, 15) is 5.11 Å². The molecule has 1 aromatic rings. The average Bonchev–Trinajstić information content (AvgIpc) is 2.39. The van der Waals surface area contributed by atoms with Crippen LogP contribution < -0.4 is 0 Å². The first-order chi connectivity index (χ1) is 8.67. The highest BCUT2D eigenvalue weighted by Crippen LogP contribution is 2.39. The summed E-state index contributed by atoms with van der Waals surface area (Å²) < 4.78 is 0. The zero-order valence-electron chi connectivity index (χ0n) is 10.6. The number of aliphatic hydroxyl groups is 1. The number of halogens is 1. The molecule has 0 aromatic heterocycles. The Bertz CT molecular complexity index is 419. The van der Waals surface area contributed by atoms with Crippen LogP contribution in [0.5, 0.6) is 0 Å². The molecule has 3 heteroatoms. The van der Waals surface area contributed by atoms with Crippen molar-refractivity contribution in [2.24, 2.45) is 0 Å². The van der Waals surface area contributed by atoms with Crippen molar-refractivity contribution in [2.75, 3.05) is 13.1 Å². The molecule has 1 unspecified atom stereocenters. The highest BCUT2D eigenvalue weighted by atomic mass is 35.5. The number of piperidine rings is 2. The molecule has 2 fully saturated rings. The predicted octanol–water partition coefficient (Wildman–Crippen LogP) is 3.18. The minimum Gasteiger partial charge on any atom is -0.385 e. The minimum absolute atomic E-state index is 0.563. The molecule has 1 N–H and O–H groups in total. The van der Waals surface area contributed by atoms with E-state index in [1.165, 1.54) is 25.8 Å². The van der Waals surface area contributed by atoms with Crippen molar-refractivity contribution in [1.82, 2.24) is 4.90 Å². The van der Waals surface area contributed by atoms with Gasteiger partial charge in [0.05, 0.1) is 5.60 Å². The van der Waals surface area contributed by atoms with Gasteiger partial charge in [-0.05, 0) is 49.9 Å². The van der Waals surface area contributed by atoms with Crippen molar-refractivity contribution in [3.63, 3.8) is 0 Å². The average molecular weight is 266 g/mol. The Morgan fingerprint density at radius 3 is 2.72 bits per heavy atom. The molecule has 2 aliphatic rings. The zero-order valence-corrected chi connectivity index (χ0v) is 11.4. The van der Waals surface area contributed by atoms with Crippen LogP contribution in [0.4, 0.5) is 0 Å². The molecule has 18 heavy (non-hydrogen) atoms. The van der Waals surface area contributed by atoms with Gasteiger partial charge in [0.2, 0.25) is 0 Å². The van der Waals surface area contributed by atoms with Crippen molar-refractivity contribution >= 4 is 11.6 Å². The van der Waals surface area contributed by atoms with Gasteiger partial charge in [0, 0.05) is 17.6 Å². The van der Waals surface area contributed by atoms with Gasteiger partial charge < -0.3 is 10.0 Å². The molecular weight excluding hydrogens is 246 g/mol. The molecule has 2 saturated heterocycles. The summed E-state index contributed by atoms with van der Waals surface area (Å²) in [7, 11) is 0. The van der Waals surface area contributed by atoms with E-state index >= 15 is 0 Å². The molecule has 0 spiro atoms. The molecule has 0 aliphatic carbocycles. The number of nitrogens with zero attached hydrogens (tertiary/aromatic N) is 1. The Morgan fingerprint density at radius 2 is 1.94 bits per heavy atom. The van der Waals surface area contributed by atoms with E-state index in [2.05, 4.69) is 4.90 Å². The molecule has 0 saturated carbocycles. The lowest BCUT2D eigenvalue weighted by Gasteiger charge is -2.46. The monoisotopic (exact) mass is 265 g/mol. The number of hydrogen-bond donors (Lipinski definition) is 1. The second kappa shape index (κ2) is 4.84. The van der Waals surface area contributed by atoms with Gasteiger partial charge in [0.15, 0.2) is 0 Å². The van der Waals surface area contributed by atoms with Crippen LogP contribution in [0, 0.1) is 0 Å². The number of rotatable bonds is 1. The van der Waals surface area contributed by atoms with Gasteiger partial charge in [-0.2, -0.15) is 0 Å². The Labute approximate surface area is 114 Å². The van der Waals surface area contributed by atoms with Crippen molar-refractivity contribution in [3.8, 4) is 0 Å². The maximum Gasteiger partial charge on any atom is 0.0923 e. The standard InChI is InChI=1S/C15H20ClNO/c16-13-6-4-12(5-7-13)15(18)8-10-17-9-2-1-3-14(17)11-15/h4-7,14,18H,1-3,8-11H2/t14?,15-/m0/s1. The van der Waals surface area contributed by atoms with Crippen LogP contribution in [0.1, 0.15) is 37.7 Å². The molecule has 0 amide bonds. The Morgan fingerprint density at radius 1 is 1.17 bits per heavy atom. The van der Waals surface area contributed by atoms with Crippen LogP contribution in [-0.4, -0.2) is 29.1 Å². The fraction of sp³-hybridized carbons (Fsp3) is 0.600. The van der Waals surface area contributed by atoms with E-state index in [4.69, 9.17) is 11.6 Å². The summed E-state index contributed by atoms with van der Waals surface area (Å²) in [5.41, 5.74) is 0.375. The first kappa shape index (κ1) is 12.5. The van der Waals surface area contributed by atoms with Crippen molar-refractivity contribution < 1.29 is 5.11 Å². The Hall–Kier alpha value is -0.570. The topological polar surface area (TPSA) is 23.5 Å². The lowest BCUT2D eigenvalue weighted by molar-refractivity contribution is -0.0611. The third-order valence-corrected chi connectivity index (χ3v) is 4.77. The SMILES string of the molecule is O[C@@]1(c2ccc(Cl)cc2)CCN2CCCCC2C1. The van der Waals surface area contributed by atoms with E-state index < -0.39 is 5.60 Å². The van der Waals surface area contributed by atoms with Crippen molar-refractivity contribution in [3.05, 3.63) is 34.9 Å². The summed E-state index contributed by atoms with van der Waals surface area (Å²) in [5.74, 6) is 0. The van der Waals surface area contributed by atoms with Gasteiger partial charge in [-0.25, -0.2) is 0 Å². The third kappa shape index (κ3) is 2.29. The molecule has 2 atom stereocenters. The predicted molar refractivity (Wildman–Crippen MR) is 73.8 cm³/mol. The summed E-state index contributed by atoms with van der Waals surface area (Å²) in [6, 6.07) is 8.26. The maximum absolute atomic E-state index is 10.9. The number of hydrogen-bond acceptors (Lipinski definition) is 2. The van der Waals surface area contributed by atoms with Crippen LogP contribution in [-0.2, 0) is 5.60 Å². The van der Waals surface area contributed by atoms with Gasteiger partial charge in [-0.1, -0.05) is 30.2 Å². The fourth-order valence-corrected chi connectivity index (χ4v) is 3.55. The number of fused-ring (bicyclic) bond motifs is 1. The van der Waals surface area contributed by atoms with Gasteiger partial charge in [-0.15, -0.1) is 0 Å². The minimum atomic E-state index is -0.650. The molecule has 0 radical (unpaired) electrons. The van der Waals surface area contributed by atoms with Gasteiger partial charge in [0.25, 0.3) is 0 Å². The molecule has 2 nitrogen and oxygen atoms in total. The number of benzene rings is 1. The Balaban J connectivity index is 1.80. The van der Waals surface area contributed by atoms with E-state index in [0.29, 0.717) is 6.04 Å². The van der Waals surface area contributed by atoms with E-state index in [0.717, 1.165) is 30.0 Å². The summed E-state index contributed by atoms with van der Waals surface area (Å²) in [6.45, 7) is 2.23. The molecule has 3 rings (SSSR count). The molecule has 0 bridgehead atoms.